The minimum absolute atomic E-state index is 1.15. The number of rotatable bonds is 0. The van der Waals surface area contributed by atoms with E-state index in [-0.39, 0.29) is 0 Å². The van der Waals surface area contributed by atoms with E-state index in [4.69, 9.17) is 0 Å². The molecule has 0 fully saturated rings. The fourth-order valence-corrected chi connectivity index (χ4v) is 2.00. The molecule has 0 radical (unpaired) electrons. The van der Waals surface area contributed by atoms with Gasteiger partial charge in [-0.3, -0.25) is 0 Å². The van der Waals surface area contributed by atoms with Crippen molar-refractivity contribution < 1.29 is 0 Å². The number of fused-ring (bicyclic) bond motifs is 1. The van der Waals surface area contributed by atoms with Gasteiger partial charge in [0.05, 0.1) is 0 Å². The molecule has 0 bridgehead atoms. The van der Waals surface area contributed by atoms with Gasteiger partial charge in [0.15, 0.2) is 0 Å². The molecule has 0 amide bonds. The van der Waals surface area contributed by atoms with Crippen molar-refractivity contribution in [1.29, 1.82) is 0 Å². The number of benzene rings is 1. The highest BCUT2D eigenvalue weighted by atomic mass is 14.2. The first kappa shape index (κ1) is 7.60. The fraction of sp³-hybridized carbons (Fsp3) is 0.333. The third-order valence-corrected chi connectivity index (χ3v) is 2.51. The molecule has 0 aromatic heterocycles. The van der Waals surface area contributed by atoms with Crippen molar-refractivity contribution in [3.05, 3.63) is 40.0 Å². The summed E-state index contributed by atoms with van der Waals surface area (Å²) in [5, 5.41) is 0. The molecule has 0 heterocycles. The maximum absolute atomic E-state index is 2.30. The molecule has 0 saturated heterocycles. The van der Waals surface area contributed by atoms with Crippen molar-refractivity contribution in [2.75, 3.05) is 0 Å². The third kappa shape index (κ3) is 1.08. The molecule has 1 aliphatic carbocycles. The van der Waals surface area contributed by atoms with Gasteiger partial charge in [0, 0.05) is 0 Å². The molecule has 0 spiro atoms. The molecule has 0 aliphatic heterocycles. The number of aryl methyl sites for hydroxylation is 2. The molecule has 1 aromatic carbocycles. The van der Waals surface area contributed by atoms with Gasteiger partial charge in [-0.2, -0.15) is 0 Å². The smallest absolute Gasteiger partial charge is 0.00580 e. The quantitative estimate of drug-likeness (QED) is 0.543. The van der Waals surface area contributed by atoms with Gasteiger partial charge < -0.3 is 0 Å². The lowest BCUT2D eigenvalue weighted by Crippen LogP contribution is -1.89. The first-order valence-electron chi connectivity index (χ1n) is 4.44. The van der Waals surface area contributed by atoms with E-state index in [1.807, 2.05) is 0 Å². The molecule has 1 aliphatic rings. The van der Waals surface area contributed by atoms with E-state index in [1.54, 1.807) is 0 Å². The van der Waals surface area contributed by atoms with Crippen LogP contribution in [0.15, 0.2) is 17.7 Å². The topological polar surface area (TPSA) is 0 Å². The van der Waals surface area contributed by atoms with Crippen LogP contribution in [0.2, 0.25) is 0 Å². The van der Waals surface area contributed by atoms with Crippen LogP contribution >= 0.6 is 0 Å². The summed E-state index contributed by atoms with van der Waals surface area (Å²) in [6.45, 7) is 6.57. The van der Waals surface area contributed by atoms with Crippen LogP contribution in [-0.4, -0.2) is 0 Å². The third-order valence-electron chi connectivity index (χ3n) is 2.51. The van der Waals surface area contributed by atoms with E-state index in [1.165, 1.54) is 27.8 Å². The highest BCUT2D eigenvalue weighted by Gasteiger charge is 2.11. The summed E-state index contributed by atoms with van der Waals surface area (Å²) in [6.07, 6.45) is 3.46. The molecule has 0 unspecified atom stereocenters. The second-order valence-electron chi connectivity index (χ2n) is 3.82. The van der Waals surface area contributed by atoms with Crippen molar-refractivity contribution >= 4 is 6.08 Å². The Morgan fingerprint density at radius 1 is 1.08 bits per heavy atom. The predicted molar refractivity (Wildman–Crippen MR) is 53.3 cm³/mol. The zero-order valence-corrected chi connectivity index (χ0v) is 7.94. The average molecular weight is 158 g/mol. The molecule has 12 heavy (non-hydrogen) atoms. The lowest BCUT2D eigenvalue weighted by molar-refractivity contribution is 1.15. The monoisotopic (exact) mass is 158 g/mol. The van der Waals surface area contributed by atoms with Crippen LogP contribution in [0.5, 0.6) is 0 Å². The Morgan fingerprint density at radius 3 is 2.58 bits per heavy atom. The van der Waals surface area contributed by atoms with Crippen molar-refractivity contribution in [2.24, 2.45) is 0 Å². The molecule has 0 atom stereocenters. The molecule has 0 saturated carbocycles. The summed E-state index contributed by atoms with van der Waals surface area (Å²) in [6, 6.07) is 4.55. The van der Waals surface area contributed by atoms with Crippen LogP contribution in [-0.2, 0) is 6.42 Å². The van der Waals surface area contributed by atoms with Crippen LogP contribution in [0.1, 0.15) is 29.2 Å². The number of hydrogen-bond acceptors (Lipinski definition) is 0. The zero-order chi connectivity index (χ0) is 8.72. The zero-order valence-electron chi connectivity index (χ0n) is 7.94. The van der Waals surface area contributed by atoms with E-state index in [0.717, 1.165) is 6.42 Å². The molecular weight excluding hydrogens is 144 g/mol. The lowest BCUT2D eigenvalue weighted by Gasteiger charge is -2.04. The molecule has 0 N–H and O–H groups in total. The first-order valence-corrected chi connectivity index (χ1v) is 4.44. The minimum Gasteiger partial charge on any atom is -0.0683 e. The summed E-state index contributed by atoms with van der Waals surface area (Å²) in [5.74, 6) is 0. The summed E-state index contributed by atoms with van der Waals surface area (Å²) < 4.78 is 0. The minimum atomic E-state index is 1.15. The molecule has 62 valence electrons. The van der Waals surface area contributed by atoms with E-state index in [2.05, 4.69) is 39.0 Å². The Morgan fingerprint density at radius 2 is 1.83 bits per heavy atom. The molecule has 0 heteroatoms. The lowest BCUT2D eigenvalue weighted by atomic mass is 10.0. The Bertz CT molecular complexity index is 357. The normalized spacial score (nSPS) is 14.4. The van der Waals surface area contributed by atoms with E-state index >= 15 is 0 Å². The first-order chi connectivity index (χ1) is 5.66. The summed E-state index contributed by atoms with van der Waals surface area (Å²) >= 11 is 0. The maximum atomic E-state index is 2.30. The Labute approximate surface area is 73.9 Å². The number of hydrogen-bond donors (Lipinski definition) is 0. The summed E-state index contributed by atoms with van der Waals surface area (Å²) in [7, 11) is 0. The SMILES string of the molecule is CC1=Cc2cc(C)cc(C)c2C1. The maximum Gasteiger partial charge on any atom is -0.00580 e. The summed E-state index contributed by atoms with van der Waals surface area (Å²) in [5.41, 5.74) is 7.26. The standard InChI is InChI=1S/C12H14/c1-8-4-10(3)12-7-9(2)6-11(12)5-8/h4-6H,7H2,1-3H3. The van der Waals surface area contributed by atoms with Gasteiger partial charge in [-0.15, -0.1) is 0 Å². The number of allylic oxidation sites excluding steroid dienone is 1. The Hall–Kier alpha value is -1.04. The van der Waals surface area contributed by atoms with Crippen molar-refractivity contribution in [3.63, 3.8) is 0 Å². The van der Waals surface area contributed by atoms with Crippen LogP contribution in [0.25, 0.3) is 6.08 Å². The van der Waals surface area contributed by atoms with Gasteiger partial charge >= 0.3 is 0 Å². The Balaban J connectivity index is 2.61. The highest BCUT2D eigenvalue weighted by Crippen LogP contribution is 2.28. The van der Waals surface area contributed by atoms with Gasteiger partial charge in [0.25, 0.3) is 0 Å². The molecular formula is C12H14. The van der Waals surface area contributed by atoms with E-state index < -0.39 is 0 Å². The van der Waals surface area contributed by atoms with E-state index in [0.29, 0.717) is 0 Å². The van der Waals surface area contributed by atoms with Crippen LogP contribution in [0.3, 0.4) is 0 Å². The van der Waals surface area contributed by atoms with Gasteiger partial charge in [-0.05, 0) is 43.9 Å². The second-order valence-corrected chi connectivity index (χ2v) is 3.82. The van der Waals surface area contributed by atoms with Crippen molar-refractivity contribution in [1.82, 2.24) is 0 Å². The molecule has 0 nitrogen and oxygen atoms in total. The van der Waals surface area contributed by atoms with Gasteiger partial charge in [0.1, 0.15) is 0 Å². The van der Waals surface area contributed by atoms with Gasteiger partial charge in [0.2, 0.25) is 0 Å². The predicted octanol–water partition coefficient (Wildman–Crippen LogP) is 3.26. The van der Waals surface area contributed by atoms with Gasteiger partial charge in [-0.25, -0.2) is 0 Å². The van der Waals surface area contributed by atoms with Crippen LogP contribution in [0.4, 0.5) is 0 Å². The largest absolute Gasteiger partial charge is 0.0683 e. The van der Waals surface area contributed by atoms with Crippen LogP contribution in [0, 0.1) is 13.8 Å². The van der Waals surface area contributed by atoms with Crippen molar-refractivity contribution in [3.8, 4) is 0 Å². The highest BCUT2D eigenvalue weighted by molar-refractivity contribution is 5.65. The van der Waals surface area contributed by atoms with Gasteiger partial charge in [-0.1, -0.05) is 29.3 Å². The average Bonchev–Trinajstić information content (AvgIpc) is 2.29. The summed E-state index contributed by atoms with van der Waals surface area (Å²) in [4.78, 5) is 0. The van der Waals surface area contributed by atoms with Crippen molar-refractivity contribution in [2.45, 2.75) is 27.2 Å². The second kappa shape index (κ2) is 2.48. The van der Waals surface area contributed by atoms with Crippen LogP contribution < -0.4 is 0 Å². The van der Waals surface area contributed by atoms with E-state index in [9.17, 15) is 0 Å². The Kier molecular flexibility index (Phi) is 1.57. The molecule has 2 rings (SSSR count). The molecule has 1 aromatic rings. The fourth-order valence-electron chi connectivity index (χ4n) is 2.00.